The van der Waals surface area contributed by atoms with Crippen molar-refractivity contribution >= 4 is 6.09 Å². The molecule has 2 atom stereocenters. The van der Waals surface area contributed by atoms with Crippen LogP contribution in [0, 0.1) is 5.92 Å². The summed E-state index contributed by atoms with van der Waals surface area (Å²) in [6, 6.07) is 0. The Bertz CT molecular complexity index is 262. The van der Waals surface area contributed by atoms with Crippen LogP contribution in [0.15, 0.2) is 0 Å². The molecular weight excluding hydrogens is 222 g/mol. The van der Waals surface area contributed by atoms with E-state index < -0.39 is 11.7 Å². The zero-order valence-corrected chi connectivity index (χ0v) is 11.1. The van der Waals surface area contributed by atoms with Crippen molar-refractivity contribution in [2.45, 2.75) is 38.9 Å². The van der Waals surface area contributed by atoms with Crippen LogP contribution in [-0.4, -0.2) is 54.6 Å². The van der Waals surface area contributed by atoms with E-state index >= 15 is 0 Å². The molecule has 1 aliphatic rings. The van der Waals surface area contributed by atoms with Gasteiger partial charge in [-0.25, -0.2) is 4.79 Å². The van der Waals surface area contributed by atoms with Crippen molar-refractivity contribution in [3.8, 4) is 0 Å². The van der Waals surface area contributed by atoms with Gasteiger partial charge in [-0.3, -0.25) is 0 Å². The van der Waals surface area contributed by atoms with Gasteiger partial charge in [0.05, 0.1) is 12.7 Å². The van der Waals surface area contributed by atoms with Crippen molar-refractivity contribution in [3.05, 3.63) is 0 Å². The van der Waals surface area contributed by atoms with Crippen LogP contribution in [0.1, 0.15) is 27.2 Å². The van der Waals surface area contributed by atoms with E-state index in [1.54, 1.807) is 12.0 Å². The summed E-state index contributed by atoms with van der Waals surface area (Å²) in [5, 5.41) is 9.78. The lowest BCUT2D eigenvalue weighted by Gasteiger charge is -2.25. The van der Waals surface area contributed by atoms with E-state index in [-0.39, 0.29) is 12.0 Å². The van der Waals surface area contributed by atoms with E-state index in [1.165, 1.54) is 0 Å². The van der Waals surface area contributed by atoms with E-state index in [2.05, 4.69) is 0 Å². The van der Waals surface area contributed by atoms with Crippen molar-refractivity contribution in [1.29, 1.82) is 0 Å². The minimum Gasteiger partial charge on any atom is -0.444 e. The van der Waals surface area contributed by atoms with Crippen molar-refractivity contribution in [2.75, 3.05) is 26.8 Å². The lowest BCUT2D eigenvalue weighted by Crippen LogP contribution is -2.36. The van der Waals surface area contributed by atoms with Crippen LogP contribution < -0.4 is 0 Å². The number of aliphatic hydroxyl groups is 1. The van der Waals surface area contributed by atoms with Crippen LogP contribution in [0.5, 0.6) is 0 Å². The first-order chi connectivity index (χ1) is 7.83. The Hall–Kier alpha value is -0.810. The van der Waals surface area contributed by atoms with Crippen LogP contribution in [0.2, 0.25) is 0 Å². The molecule has 1 fully saturated rings. The van der Waals surface area contributed by atoms with Crippen LogP contribution >= 0.6 is 0 Å². The predicted molar refractivity (Wildman–Crippen MR) is 63.8 cm³/mol. The number of hydrogen-bond acceptors (Lipinski definition) is 4. The number of ether oxygens (including phenoxy) is 2. The molecule has 0 spiro atoms. The summed E-state index contributed by atoms with van der Waals surface area (Å²) in [7, 11) is 1.56. The van der Waals surface area contributed by atoms with Gasteiger partial charge < -0.3 is 19.5 Å². The molecule has 0 bridgehead atoms. The molecule has 0 aromatic heterocycles. The lowest BCUT2D eigenvalue weighted by atomic mass is 10.0. The Morgan fingerprint density at radius 2 is 2.18 bits per heavy atom. The SMILES string of the molecule is COC[C@H](O)[C@H]1CCN(C(=O)OC(C)(C)C)C1. The summed E-state index contributed by atoms with van der Waals surface area (Å²) in [5.74, 6) is 0.0856. The van der Waals surface area contributed by atoms with Crippen molar-refractivity contribution in [2.24, 2.45) is 5.92 Å². The van der Waals surface area contributed by atoms with Gasteiger partial charge in [0, 0.05) is 26.1 Å². The second-order valence-corrected chi connectivity index (χ2v) is 5.50. The maximum atomic E-state index is 11.8. The molecule has 0 radical (unpaired) electrons. The fraction of sp³-hybridized carbons (Fsp3) is 0.917. The molecule has 0 unspecified atom stereocenters. The van der Waals surface area contributed by atoms with Crippen LogP contribution in [-0.2, 0) is 9.47 Å². The number of aliphatic hydroxyl groups excluding tert-OH is 1. The Morgan fingerprint density at radius 3 is 2.71 bits per heavy atom. The zero-order valence-electron chi connectivity index (χ0n) is 11.1. The molecule has 1 saturated heterocycles. The van der Waals surface area contributed by atoms with Crippen molar-refractivity contribution in [1.82, 2.24) is 4.90 Å². The van der Waals surface area contributed by atoms with Gasteiger partial charge in [0.25, 0.3) is 0 Å². The monoisotopic (exact) mass is 245 g/mol. The maximum absolute atomic E-state index is 11.8. The quantitative estimate of drug-likeness (QED) is 0.813. The molecule has 17 heavy (non-hydrogen) atoms. The third kappa shape index (κ3) is 4.52. The van der Waals surface area contributed by atoms with E-state index in [0.717, 1.165) is 6.42 Å². The molecule has 1 heterocycles. The fourth-order valence-electron chi connectivity index (χ4n) is 1.90. The average molecular weight is 245 g/mol. The minimum absolute atomic E-state index is 0.0856. The van der Waals surface area contributed by atoms with Gasteiger partial charge in [-0.05, 0) is 27.2 Å². The third-order valence-corrected chi connectivity index (χ3v) is 2.76. The molecule has 0 aromatic carbocycles. The molecule has 5 nitrogen and oxygen atoms in total. The van der Waals surface area contributed by atoms with Gasteiger partial charge in [0.1, 0.15) is 5.60 Å². The first-order valence-corrected chi connectivity index (χ1v) is 5.98. The number of carbonyl (C=O) groups excluding carboxylic acids is 1. The van der Waals surface area contributed by atoms with Crippen molar-refractivity contribution in [3.63, 3.8) is 0 Å². The van der Waals surface area contributed by atoms with E-state index in [4.69, 9.17) is 9.47 Å². The Labute approximate surface area is 103 Å². The predicted octanol–water partition coefficient (Wildman–Crippen LogP) is 1.25. The second kappa shape index (κ2) is 5.69. The van der Waals surface area contributed by atoms with Gasteiger partial charge >= 0.3 is 6.09 Å². The minimum atomic E-state index is -0.507. The molecule has 1 amide bonds. The number of methoxy groups -OCH3 is 1. The highest BCUT2D eigenvalue weighted by atomic mass is 16.6. The van der Waals surface area contributed by atoms with Gasteiger partial charge in [-0.2, -0.15) is 0 Å². The summed E-state index contributed by atoms with van der Waals surface area (Å²) in [4.78, 5) is 13.4. The van der Waals surface area contributed by atoms with E-state index in [0.29, 0.717) is 19.7 Å². The number of likely N-dealkylation sites (tertiary alicyclic amines) is 1. The highest BCUT2D eigenvalue weighted by molar-refractivity contribution is 5.68. The first kappa shape index (κ1) is 14.3. The first-order valence-electron chi connectivity index (χ1n) is 5.98. The Morgan fingerprint density at radius 1 is 1.53 bits per heavy atom. The summed E-state index contributed by atoms with van der Waals surface area (Å²) in [5.41, 5.74) is -0.472. The Kier molecular flexibility index (Phi) is 4.77. The highest BCUT2D eigenvalue weighted by Gasteiger charge is 2.33. The van der Waals surface area contributed by atoms with Crippen molar-refractivity contribution < 1.29 is 19.4 Å². The standard InChI is InChI=1S/C12H23NO4/c1-12(2,3)17-11(15)13-6-5-9(7-13)10(14)8-16-4/h9-10,14H,5-8H2,1-4H3/t9-,10-/m0/s1. The van der Waals surface area contributed by atoms with Gasteiger partial charge in [-0.15, -0.1) is 0 Å². The summed E-state index contributed by atoms with van der Waals surface area (Å²) in [6.07, 6.45) is -0.0129. The normalized spacial score (nSPS) is 22.6. The van der Waals surface area contributed by atoms with Crippen LogP contribution in [0.25, 0.3) is 0 Å². The molecule has 0 aromatic rings. The summed E-state index contributed by atoms with van der Waals surface area (Å²) in [6.45, 7) is 7.03. The van der Waals surface area contributed by atoms with Gasteiger partial charge in [-0.1, -0.05) is 0 Å². The molecule has 100 valence electrons. The number of hydrogen-bond donors (Lipinski definition) is 1. The summed E-state index contributed by atoms with van der Waals surface area (Å²) >= 11 is 0. The number of amides is 1. The smallest absolute Gasteiger partial charge is 0.410 e. The molecule has 1 aliphatic heterocycles. The Balaban J connectivity index is 2.42. The molecule has 1 rings (SSSR count). The molecule has 0 aliphatic carbocycles. The average Bonchev–Trinajstić information content (AvgIpc) is 2.63. The molecule has 5 heteroatoms. The van der Waals surface area contributed by atoms with Crippen LogP contribution in [0.4, 0.5) is 4.79 Å². The molecular formula is C12H23NO4. The van der Waals surface area contributed by atoms with Crippen LogP contribution in [0.3, 0.4) is 0 Å². The van der Waals surface area contributed by atoms with Gasteiger partial charge in [0.15, 0.2) is 0 Å². The zero-order chi connectivity index (χ0) is 13.1. The summed E-state index contributed by atoms with van der Waals surface area (Å²) < 4.78 is 10.2. The topological polar surface area (TPSA) is 59.0 Å². The second-order valence-electron chi connectivity index (χ2n) is 5.50. The number of nitrogens with zero attached hydrogens (tertiary/aromatic N) is 1. The fourth-order valence-corrected chi connectivity index (χ4v) is 1.90. The molecule has 0 saturated carbocycles. The third-order valence-electron chi connectivity index (χ3n) is 2.76. The molecule has 1 N–H and O–H groups in total. The highest BCUT2D eigenvalue weighted by Crippen LogP contribution is 2.22. The number of carbonyl (C=O) groups is 1. The lowest BCUT2D eigenvalue weighted by molar-refractivity contribution is 0.0170. The van der Waals surface area contributed by atoms with E-state index in [9.17, 15) is 9.90 Å². The number of rotatable bonds is 3. The van der Waals surface area contributed by atoms with Gasteiger partial charge in [0.2, 0.25) is 0 Å². The van der Waals surface area contributed by atoms with E-state index in [1.807, 2.05) is 20.8 Å². The maximum Gasteiger partial charge on any atom is 0.410 e. The largest absolute Gasteiger partial charge is 0.444 e.